The molecule has 0 unspecified atom stereocenters. The Bertz CT molecular complexity index is 730. The number of carbonyl (C=O) groups is 1. The molecular formula is C19H23ClFNO4. The van der Waals surface area contributed by atoms with Gasteiger partial charge in [0, 0.05) is 44.1 Å². The third-order valence-electron chi connectivity index (χ3n) is 6.21. The fourth-order valence-corrected chi connectivity index (χ4v) is 4.92. The highest BCUT2D eigenvalue weighted by Gasteiger charge is 2.56. The van der Waals surface area contributed by atoms with E-state index in [1.807, 2.05) is 0 Å². The minimum atomic E-state index is -0.908. The molecule has 3 heterocycles. The van der Waals surface area contributed by atoms with Crippen LogP contribution in [0.5, 0.6) is 0 Å². The van der Waals surface area contributed by atoms with E-state index >= 15 is 0 Å². The topological polar surface area (TPSA) is 59.0 Å². The van der Waals surface area contributed by atoms with Gasteiger partial charge in [0.05, 0.1) is 29.4 Å². The molecule has 0 spiro atoms. The zero-order chi connectivity index (χ0) is 18.5. The number of hydrogen-bond acceptors (Lipinski definition) is 4. The maximum atomic E-state index is 14.4. The van der Waals surface area contributed by atoms with Crippen molar-refractivity contribution >= 4 is 17.5 Å². The SMILES string of the molecule is Cc1ccc(F)c(C(=O)N2C[C@@H]3COCC[C@]3(O)[C@H]3COCC[C@H]32)c1Cl. The van der Waals surface area contributed by atoms with E-state index in [9.17, 15) is 14.3 Å². The van der Waals surface area contributed by atoms with Crippen molar-refractivity contribution in [1.29, 1.82) is 0 Å². The first kappa shape index (κ1) is 18.2. The summed E-state index contributed by atoms with van der Waals surface area (Å²) in [4.78, 5) is 15.0. The Morgan fingerprint density at radius 3 is 2.92 bits per heavy atom. The number of halogens is 2. The minimum absolute atomic E-state index is 0.0842. The van der Waals surface area contributed by atoms with E-state index in [4.69, 9.17) is 21.1 Å². The highest BCUT2D eigenvalue weighted by atomic mass is 35.5. The van der Waals surface area contributed by atoms with Crippen LogP contribution in [-0.4, -0.2) is 60.5 Å². The molecule has 0 radical (unpaired) electrons. The second-order valence-corrected chi connectivity index (χ2v) is 7.94. The largest absolute Gasteiger partial charge is 0.389 e. The van der Waals surface area contributed by atoms with Crippen LogP contribution in [0.1, 0.15) is 28.8 Å². The molecule has 3 fully saturated rings. The smallest absolute Gasteiger partial charge is 0.258 e. The Kier molecular flexibility index (Phi) is 4.72. The van der Waals surface area contributed by atoms with Crippen molar-refractivity contribution in [1.82, 2.24) is 4.90 Å². The van der Waals surface area contributed by atoms with Gasteiger partial charge in [-0.05, 0) is 25.0 Å². The van der Waals surface area contributed by atoms with Crippen LogP contribution < -0.4 is 0 Å². The Labute approximate surface area is 157 Å². The van der Waals surface area contributed by atoms with Crippen LogP contribution in [0.15, 0.2) is 12.1 Å². The number of likely N-dealkylation sites (tertiary alicyclic amines) is 1. The Balaban J connectivity index is 1.72. The van der Waals surface area contributed by atoms with Gasteiger partial charge in [0.1, 0.15) is 5.82 Å². The third-order valence-corrected chi connectivity index (χ3v) is 6.70. The summed E-state index contributed by atoms with van der Waals surface area (Å²) in [5, 5.41) is 11.5. The summed E-state index contributed by atoms with van der Waals surface area (Å²) in [6, 6.07) is 2.65. The monoisotopic (exact) mass is 383 g/mol. The lowest BCUT2D eigenvalue weighted by Gasteiger charge is -2.57. The molecule has 0 saturated carbocycles. The van der Waals surface area contributed by atoms with Crippen LogP contribution in [0.2, 0.25) is 5.02 Å². The van der Waals surface area contributed by atoms with Gasteiger partial charge >= 0.3 is 0 Å². The molecule has 26 heavy (non-hydrogen) atoms. The first-order valence-electron chi connectivity index (χ1n) is 9.07. The van der Waals surface area contributed by atoms with Crippen LogP contribution in [-0.2, 0) is 9.47 Å². The molecule has 1 aromatic rings. The van der Waals surface area contributed by atoms with E-state index in [1.165, 1.54) is 6.07 Å². The highest BCUT2D eigenvalue weighted by molar-refractivity contribution is 6.34. The molecule has 0 aromatic heterocycles. The lowest BCUT2D eigenvalue weighted by Crippen LogP contribution is -2.68. The van der Waals surface area contributed by atoms with Crippen molar-refractivity contribution in [2.75, 3.05) is 33.0 Å². The predicted octanol–water partition coefficient (Wildman–Crippen LogP) is 2.42. The number of fused-ring (bicyclic) bond motifs is 3. The van der Waals surface area contributed by atoms with Crippen LogP contribution in [0.25, 0.3) is 0 Å². The molecule has 142 valence electrons. The number of aliphatic hydroxyl groups is 1. The predicted molar refractivity (Wildman–Crippen MR) is 93.8 cm³/mol. The molecule has 1 amide bonds. The average Bonchev–Trinajstić information content (AvgIpc) is 2.64. The number of piperidine rings is 1. The van der Waals surface area contributed by atoms with Crippen molar-refractivity contribution in [3.05, 3.63) is 34.1 Å². The van der Waals surface area contributed by atoms with Crippen molar-refractivity contribution in [3.8, 4) is 0 Å². The van der Waals surface area contributed by atoms with E-state index in [-0.39, 0.29) is 28.5 Å². The van der Waals surface area contributed by atoms with Crippen molar-refractivity contribution in [2.24, 2.45) is 11.8 Å². The van der Waals surface area contributed by atoms with E-state index in [2.05, 4.69) is 0 Å². The van der Waals surface area contributed by atoms with Gasteiger partial charge in [-0.1, -0.05) is 17.7 Å². The van der Waals surface area contributed by atoms with Gasteiger partial charge in [-0.15, -0.1) is 0 Å². The number of aryl methyl sites for hydroxylation is 1. The number of nitrogens with zero attached hydrogens (tertiary/aromatic N) is 1. The van der Waals surface area contributed by atoms with Gasteiger partial charge in [0.2, 0.25) is 0 Å². The van der Waals surface area contributed by atoms with Gasteiger partial charge in [0.25, 0.3) is 5.91 Å². The first-order chi connectivity index (χ1) is 12.4. The average molecular weight is 384 g/mol. The summed E-state index contributed by atoms with van der Waals surface area (Å²) in [6.07, 6.45) is 1.15. The van der Waals surface area contributed by atoms with Crippen LogP contribution >= 0.6 is 11.6 Å². The second kappa shape index (κ2) is 6.75. The lowest BCUT2D eigenvalue weighted by molar-refractivity contribution is -0.212. The molecule has 4 atom stereocenters. The number of hydrogen-bond donors (Lipinski definition) is 1. The van der Waals surface area contributed by atoms with Gasteiger partial charge in [-0.3, -0.25) is 4.79 Å². The maximum absolute atomic E-state index is 14.4. The van der Waals surface area contributed by atoms with Crippen LogP contribution in [0.4, 0.5) is 4.39 Å². The van der Waals surface area contributed by atoms with E-state index in [1.54, 1.807) is 17.9 Å². The molecule has 4 rings (SSSR count). The van der Waals surface area contributed by atoms with E-state index < -0.39 is 17.3 Å². The number of amides is 1. The van der Waals surface area contributed by atoms with Gasteiger partial charge in [0.15, 0.2) is 0 Å². The molecule has 3 aliphatic rings. The van der Waals surface area contributed by atoms with Gasteiger partial charge in [-0.2, -0.15) is 0 Å². The van der Waals surface area contributed by atoms with Gasteiger partial charge < -0.3 is 19.5 Å². The highest BCUT2D eigenvalue weighted by Crippen LogP contribution is 2.45. The molecule has 1 aromatic carbocycles. The summed E-state index contributed by atoms with van der Waals surface area (Å²) in [6.45, 7) is 3.88. The molecule has 0 bridgehead atoms. The molecule has 3 aliphatic heterocycles. The number of benzene rings is 1. The second-order valence-electron chi connectivity index (χ2n) is 7.56. The van der Waals surface area contributed by atoms with Crippen LogP contribution in [0.3, 0.4) is 0 Å². The molecular weight excluding hydrogens is 361 g/mol. The molecule has 1 N–H and O–H groups in total. The Morgan fingerprint density at radius 1 is 1.35 bits per heavy atom. The molecule has 3 saturated heterocycles. The Hall–Kier alpha value is -1.21. The molecule has 7 heteroatoms. The maximum Gasteiger partial charge on any atom is 0.258 e. The number of carbonyl (C=O) groups excluding carboxylic acids is 1. The van der Waals surface area contributed by atoms with E-state index in [0.29, 0.717) is 51.4 Å². The van der Waals surface area contributed by atoms with Crippen LogP contribution in [0, 0.1) is 24.6 Å². The third kappa shape index (κ3) is 2.74. The summed E-state index contributed by atoms with van der Waals surface area (Å²) >= 11 is 6.27. The molecule has 5 nitrogen and oxygen atoms in total. The first-order valence-corrected chi connectivity index (χ1v) is 9.44. The molecule has 0 aliphatic carbocycles. The minimum Gasteiger partial charge on any atom is -0.389 e. The zero-order valence-corrected chi connectivity index (χ0v) is 15.5. The quantitative estimate of drug-likeness (QED) is 0.809. The lowest BCUT2D eigenvalue weighted by atomic mass is 9.66. The van der Waals surface area contributed by atoms with E-state index in [0.717, 1.165) is 0 Å². The van der Waals surface area contributed by atoms with Gasteiger partial charge in [-0.25, -0.2) is 4.39 Å². The van der Waals surface area contributed by atoms with Crippen molar-refractivity contribution < 1.29 is 23.8 Å². The fraction of sp³-hybridized carbons (Fsp3) is 0.632. The standard InChI is InChI=1S/C19H23ClFNO4/c1-11-2-3-14(21)16(17(11)20)18(23)22-8-12-9-26-7-5-19(12,24)13-10-25-6-4-15(13)22/h2-3,12-13,15,24H,4-10H2,1H3/t12-,13+,15-,19-/m1/s1. The number of ether oxygens (including phenoxy) is 2. The summed E-state index contributed by atoms with van der Waals surface area (Å²) in [5.41, 5.74) is -0.330. The number of rotatable bonds is 1. The van der Waals surface area contributed by atoms with Crippen molar-refractivity contribution in [2.45, 2.75) is 31.4 Å². The normalized spacial score (nSPS) is 34.2. The summed E-state index contributed by atoms with van der Waals surface area (Å²) in [5.74, 6) is -1.44. The Morgan fingerprint density at radius 2 is 2.12 bits per heavy atom. The van der Waals surface area contributed by atoms with Crippen molar-refractivity contribution in [3.63, 3.8) is 0 Å². The zero-order valence-electron chi connectivity index (χ0n) is 14.7. The summed E-state index contributed by atoms with van der Waals surface area (Å²) < 4.78 is 25.6. The summed E-state index contributed by atoms with van der Waals surface area (Å²) in [7, 11) is 0. The fourth-order valence-electron chi connectivity index (χ4n) is 4.69.